The molecule has 0 aromatic heterocycles. The Morgan fingerprint density at radius 1 is 1.53 bits per heavy atom. The molecule has 1 aromatic rings. The average Bonchev–Trinajstić information content (AvgIpc) is 2.30. The van der Waals surface area contributed by atoms with E-state index in [0.717, 1.165) is 0 Å². The van der Waals surface area contributed by atoms with Crippen molar-refractivity contribution in [2.75, 3.05) is 24.3 Å². The molecule has 0 aliphatic heterocycles. The van der Waals surface area contributed by atoms with Gasteiger partial charge in [-0.05, 0) is 25.5 Å². The van der Waals surface area contributed by atoms with Crippen LogP contribution in [0.3, 0.4) is 0 Å². The van der Waals surface area contributed by atoms with Crippen LogP contribution in [0.5, 0.6) is 0 Å². The molecule has 1 aromatic carbocycles. The predicted molar refractivity (Wildman–Crippen MR) is 65.2 cm³/mol. The van der Waals surface area contributed by atoms with Crippen molar-refractivity contribution in [3.8, 4) is 0 Å². The van der Waals surface area contributed by atoms with Crippen LogP contribution in [0.2, 0.25) is 0 Å². The van der Waals surface area contributed by atoms with Crippen molar-refractivity contribution in [1.29, 1.82) is 0 Å². The van der Waals surface area contributed by atoms with Crippen LogP contribution in [0.15, 0.2) is 18.2 Å². The highest BCUT2D eigenvalue weighted by molar-refractivity contribution is 5.93. The Morgan fingerprint density at radius 3 is 2.94 bits per heavy atom. The molecule has 17 heavy (non-hydrogen) atoms. The van der Waals surface area contributed by atoms with E-state index in [1.807, 2.05) is 6.92 Å². The molecule has 0 saturated heterocycles. The van der Waals surface area contributed by atoms with Crippen molar-refractivity contribution in [3.05, 3.63) is 24.0 Å². The summed E-state index contributed by atoms with van der Waals surface area (Å²) in [4.78, 5) is 11.5. The summed E-state index contributed by atoms with van der Waals surface area (Å²) in [6.07, 6.45) is 0.891. The van der Waals surface area contributed by atoms with Crippen LogP contribution in [0.4, 0.5) is 15.8 Å². The number of halogens is 1. The van der Waals surface area contributed by atoms with Crippen LogP contribution in [0.1, 0.15) is 19.8 Å². The summed E-state index contributed by atoms with van der Waals surface area (Å²) < 4.78 is 18.4. The highest BCUT2D eigenvalue weighted by Crippen LogP contribution is 2.21. The van der Waals surface area contributed by atoms with Gasteiger partial charge >= 0.3 is 0 Å². The van der Waals surface area contributed by atoms with Gasteiger partial charge in [0.2, 0.25) is 5.91 Å². The summed E-state index contributed by atoms with van der Waals surface area (Å²) >= 11 is 0. The van der Waals surface area contributed by atoms with Crippen molar-refractivity contribution < 1.29 is 13.9 Å². The predicted octanol–water partition coefficient (Wildman–Crippen LogP) is 2.16. The van der Waals surface area contributed by atoms with Gasteiger partial charge < -0.3 is 15.8 Å². The van der Waals surface area contributed by atoms with Crippen LogP contribution < -0.4 is 11.1 Å². The topological polar surface area (TPSA) is 64.3 Å². The number of hydrogen-bond acceptors (Lipinski definition) is 3. The van der Waals surface area contributed by atoms with E-state index < -0.39 is 5.82 Å². The number of rotatable bonds is 6. The maximum Gasteiger partial charge on any atom is 0.224 e. The molecule has 0 aliphatic rings. The number of carbonyl (C=O) groups is 1. The van der Waals surface area contributed by atoms with E-state index in [1.165, 1.54) is 12.1 Å². The highest BCUT2D eigenvalue weighted by Gasteiger charge is 2.09. The number of nitrogens with two attached hydrogens (primary N) is 1. The van der Waals surface area contributed by atoms with E-state index in [0.29, 0.717) is 19.6 Å². The largest absolute Gasteiger partial charge is 0.397 e. The second-order valence-electron chi connectivity index (χ2n) is 3.55. The van der Waals surface area contributed by atoms with Crippen LogP contribution in [-0.4, -0.2) is 19.1 Å². The summed E-state index contributed by atoms with van der Waals surface area (Å²) in [6.45, 7) is 3.04. The van der Waals surface area contributed by atoms with E-state index in [2.05, 4.69) is 5.32 Å². The fourth-order valence-corrected chi connectivity index (χ4v) is 1.35. The lowest BCUT2D eigenvalue weighted by Gasteiger charge is -2.08. The van der Waals surface area contributed by atoms with Crippen LogP contribution in [0.25, 0.3) is 0 Å². The van der Waals surface area contributed by atoms with Crippen LogP contribution >= 0.6 is 0 Å². The van der Waals surface area contributed by atoms with Gasteiger partial charge in [0, 0.05) is 19.6 Å². The van der Waals surface area contributed by atoms with E-state index in [-0.39, 0.29) is 23.7 Å². The van der Waals surface area contributed by atoms with Gasteiger partial charge in [-0.15, -0.1) is 0 Å². The van der Waals surface area contributed by atoms with Gasteiger partial charge in [0.1, 0.15) is 11.5 Å². The molecule has 5 heteroatoms. The third kappa shape index (κ3) is 4.40. The quantitative estimate of drug-likeness (QED) is 0.591. The summed E-state index contributed by atoms with van der Waals surface area (Å²) in [5.74, 6) is -0.787. The molecule has 3 N–H and O–H groups in total. The van der Waals surface area contributed by atoms with Gasteiger partial charge in [0.15, 0.2) is 0 Å². The molecule has 0 fully saturated rings. The lowest BCUT2D eigenvalue weighted by Crippen LogP contribution is -2.14. The number of nitrogen functional groups attached to an aromatic ring is 1. The minimum Gasteiger partial charge on any atom is -0.397 e. The van der Waals surface area contributed by atoms with Crippen molar-refractivity contribution in [2.45, 2.75) is 19.8 Å². The summed E-state index contributed by atoms with van der Waals surface area (Å²) in [7, 11) is 0. The Labute approximate surface area is 100.0 Å². The molecule has 1 amide bonds. The van der Waals surface area contributed by atoms with Gasteiger partial charge in [-0.1, -0.05) is 6.07 Å². The van der Waals surface area contributed by atoms with Gasteiger partial charge in [-0.25, -0.2) is 4.39 Å². The fourth-order valence-electron chi connectivity index (χ4n) is 1.35. The molecule has 0 radical (unpaired) electrons. The van der Waals surface area contributed by atoms with Crippen molar-refractivity contribution in [3.63, 3.8) is 0 Å². The molecule has 0 saturated carbocycles. The van der Waals surface area contributed by atoms with E-state index in [1.54, 1.807) is 6.07 Å². The summed E-state index contributed by atoms with van der Waals surface area (Å²) in [5, 5.41) is 2.46. The van der Waals surface area contributed by atoms with E-state index in [4.69, 9.17) is 10.5 Å². The maximum absolute atomic E-state index is 13.3. The molecule has 0 unspecified atom stereocenters. The van der Waals surface area contributed by atoms with E-state index >= 15 is 0 Å². The van der Waals surface area contributed by atoms with Gasteiger partial charge in [-0.3, -0.25) is 4.79 Å². The lowest BCUT2D eigenvalue weighted by molar-refractivity contribution is -0.116. The smallest absolute Gasteiger partial charge is 0.224 e. The SMILES string of the molecule is CCOCCCC(=O)Nc1c(N)cccc1F. The number of para-hydroxylation sites is 1. The Balaban J connectivity index is 2.45. The molecule has 1 rings (SSSR count). The number of hydrogen-bond donors (Lipinski definition) is 2. The van der Waals surface area contributed by atoms with Crippen molar-refractivity contribution in [2.24, 2.45) is 0 Å². The van der Waals surface area contributed by atoms with Crippen LogP contribution in [0, 0.1) is 5.82 Å². The lowest BCUT2D eigenvalue weighted by atomic mass is 10.2. The first-order valence-electron chi connectivity index (χ1n) is 5.56. The molecule has 94 valence electrons. The molecule has 0 spiro atoms. The molecule has 4 nitrogen and oxygen atoms in total. The number of carbonyl (C=O) groups excluding carboxylic acids is 1. The molecule has 0 aliphatic carbocycles. The number of nitrogens with one attached hydrogen (secondary N) is 1. The monoisotopic (exact) mass is 240 g/mol. The molecule has 0 heterocycles. The molecule has 0 atom stereocenters. The van der Waals surface area contributed by atoms with Gasteiger partial charge in [0.25, 0.3) is 0 Å². The Morgan fingerprint density at radius 2 is 2.29 bits per heavy atom. The first-order valence-corrected chi connectivity index (χ1v) is 5.56. The minimum atomic E-state index is -0.525. The first kappa shape index (κ1) is 13.4. The zero-order valence-corrected chi connectivity index (χ0v) is 9.83. The normalized spacial score (nSPS) is 10.2. The van der Waals surface area contributed by atoms with E-state index in [9.17, 15) is 9.18 Å². The Kier molecular flexibility index (Phi) is 5.42. The second-order valence-corrected chi connectivity index (χ2v) is 3.55. The second kappa shape index (κ2) is 6.85. The number of anilines is 2. The van der Waals surface area contributed by atoms with Crippen molar-refractivity contribution in [1.82, 2.24) is 0 Å². The number of amides is 1. The van der Waals surface area contributed by atoms with Gasteiger partial charge in [-0.2, -0.15) is 0 Å². The molecular weight excluding hydrogens is 223 g/mol. The maximum atomic E-state index is 13.3. The number of ether oxygens (including phenoxy) is 1. The Hall–Kier alpha value is -1.62. The average molecular weight is 240 g/mol. The highest BCUT2D eigenvalue weighted by atomic mass is 19.1. The van der Waals surface area contributed by atoms with Crippen molar-refractivity contribution >= 4 is 17.3 Å². The third-order valence-corrected chi connectivity index (χ3v) is 2.21. The molecular formula is C12H17FN2O2. The minimum absolute atomic E-state index is 0.0499. The Bertz CT molecular complexity index is 363. The standard InChI is InChI=1S/C12H17FN2O2/c1-2-17-8-4-7-11(16)15-12-9(13)5-3-6-10(12)14/h3,5-6H,2,4,7-8,14H2,1H3,(H,15,16). The third-order valence-electron chi connectivity index (χ3n) is 2.21. The molecule has 0 bridgehead atoms. The summed E-state index contributed by atoms with van der Waals surface area (Å²) in [5.41, 5.74) is 5.84. The first-order chi connectivity index (χ1) is 8.15. The zero-order chi connectivity index (χ0) is 12.7. The summed E-state index contributed by atoms with van der Waals surface area (Å²) in [6, 6.07) is 4.29. The fraction of sp³-hybridized carbons (Fsp3) is 0.417. The van der Waals surface area contributed by atoms with Crippen LogP contribution in [-0.2, 0) is 9.53 Å². The zero-order valence-electron chi connectivity index (χ0n) is 9.83. The van der Waals surface area contributed by atoms with Gasteiger partial charge in [0.05, 0.1) is 5.69 Å². The number of benzene rings is 1.